The summed E-state index contributed by atoms with van der Waals surface area (Å²) in [4.78, 5) is 41.1. The van der Waals surface area contributed by atoms with E-state index in [9.17, 15) is 19.7 Å². The number of rotatable bonds is 5. The molecular weight excluding hydrogens is 460 g/mol. The molecule has 3 aromatic carbocycles. The molecule has 0 unspecified atom stereocenters. The van der Waals surface area contributed by atoms with Gasteiger partial charge in [-0.1, -0.05) is 24.3 Å². The summed E-state index contributed by atoms with van der Waals surface area (Å²) in [6, 6.07) is 22.1. The quantitative estimate of drug-likeness (QED) is 0.296. The van der Waals surface area contributed by atoms with Crippen LogP contribution in [0.4, 0.5) is 11.4 Å². The third-order valence-corrected chi connectivity index (χ3v) is 5.82. The summed E-state index contributed by atoms with van der Waals surface area (Å²) >= 11 is 0. The van der Waals surface area contributed by atoms with E-state index in [0.717, 1.165) is 22.4 Å². The number of nitrogens with one attached hydrogen (secondary N) is 1. The van der Waals surface area contributed by atoms with Crippen LogP contribution in [-0.4, -0.2) is 30.2 Å². The Kier molecular flexibility index (Phi) is 5.61. The average Bonchev–Trinajstić information content (AvgIpc) is 3.21. The van der Waals surface area contributed by atoms with Crippen molar-refractivity contribution >= 4 is 28.3 Å². The van der Waals surface area contributed by atoms with E-state index >= 15 is 0 Å². The van der Waals surface area contributed by atoms with Crippen LogP contribution >= 0.6 is 0 Å². The fraction of sp³-hybridized carbons (Fsp3) is 0.0769. The van der Waals surface area contributed by atoms with E-state index < -0.39 is 16.3 Å². The van der Waals surface area contributed by atoms with Crippen molar-refractivity contribution < 1.29 is 9.72 Å². The van der Waals surface area contributed by atoms with Crippen molar-refractivity contribution in [3.8, 4) is 17.1 Å². The van der Waals surface area contributed by atoms with Crippen molar-refractivity contribution in [1.29, 1.82) is 0 Å². The summed E-state index contributed by atoms with van der Waals surface area (Å²) in [6.45, 7) is 1.59. The van der Waals surface area contributed by atoms with Gasteiger partial charge in [-0.05, 0) is 49.4 Å². The molecule has 5 rings (SSSR count). The minimum atomic E-state index is -0.720. The van der Waals surface area contributed by atoms with E-state index in [1.54, 1.807) is 25.1 Å². The summed E-state index contributed by atoms with van der Waals surface area (Å²) in [5.41, 5.74) is 2.56. The molecule has 2 heterocycles. The van der Waals surface area contributed by atoms with Gasteiger partial charge in [-0.2, -0.15) is 5.10 Å². The zero-order valence-electron chi connectivity index (χ0n) is 19.4. The van der Waals surface area contributed by atoms with Crippen LogP contribution in [-0.2, 0) is 7.05 Å². The molecule has 1 N–H and O–H groups in total. The average molecular weight is 480 g/mol. The first-order valence-electron chi connectivity index (χ1n) is 11.0. The van der Waals surface area contributed by atoms with Gasteiger partial charge in [0, 0.05) is 36.1 Å². The lowest BCUT2D eigenvalue weighted by atomic mass is 10.2. The minimum absolute atomic E-state index is 0.154. The number of imidazole rings is 1. The Labute approximate surface area is 204 Å². The molecule has 0 atom stereocenters. The molecule has 2 aromatic heterocycles. The number of hydrogen-bond acceptors (Lipinski definition) is 6. The van der Waals surface area contributed by atoms with E-state index in [1.807, 2.05) is 48.0 Å². The number of aryl methyl sites for hydroxylation is 2. The number of nitro groups is 1. The van der Waals surface area contributed by atoms with Gasteiger partial charge in [-0.15, -0.1) is 0 Å². The van der Waals surface area contributed by atoms with Gasteiger partial charge in [0.2, 0.25) is 5.43 Å². The summed E-state index contributed by atoms with van der Waals surface area (Å²) in [6.07, 6.45) is 0. The predicted octanol–water partition coefficient (Wildman–Crippen LogP) is 4.26. The second-order valence-electron chi connectivity index (χ2n) is 8.17. The second kappa shape index (κ2) is 8.91. The van der Waals surface area contributed by atoms with Gasteiger partial charge in [-0.3, -0.25) is 19.7 Å². The number of carbonyl (C=O) groups excluding carboxylic acids is 1. The first-order valence-corrected chi connectivity index (χ1v) is 11.0. The van der Waals surface area contributed by atoms with Gasteiger partial charge in [0.05, 0.1) is 16.0 Å². The Morgan fingerprint density at radius 1 is 1.00 bits per heavy atom. The zero-order chi connectivity index (χ0) is 25.4. The number of amides is 1. The smallest absolute Gasteiger partial charge is 0.294 e. The molecule has 0 aliphatic rings. The molecule has 0 bridgehead atoms. The predicted molar refractivity (Wildman–Crippen MR) is 135 cm³/mol. The van der Waals surface area contributed by atoms with Crippen molar-refractivity contribution in [3.05, 3.63) is 111 Å². The van der Waals surface area contributed by atoms with Crippen molar-refractivity contribution in [2.75, 3.05) is 5.32 Å². The molecule has 0 spiro atoms. The molecule has 178 valence electrons. The lowest BCUT2D eigenvalue weighted by Crippen LogP contribution is -2.27. The SMILES string of the molecule is Cc1cc(=O)c(C(=O)Nc2ccc(-c3nc4ccccc4n3C)cc2)nn1-c1ccccc1[N+](=O)[O-]. The maximum Gasteiger partial charge on any atom is 0.294 e. The number of fused-ring (bicyclic) bond motifs is 1. The molecule has 0 aliphatic heterocycles. The number of aromatic nitrogens is 4. The summed E-state index contributed by atoms with van der Waals surface area (Å²) < 4.78 is 3.22. The number of nitrogens with zero attached hydrogens (tertiary/aromatic N) is 5. The number of carbonyl (C=O) groups is 1. The van der Waals surface area contributed by atoms with E-state index in [2.05, 4.69) is 15.4 Å². The van der Waals surface area contributed by atoms with Crippen LogP contribution in [0.1, 0.15) is 16.2 Å². The molecular formula is C26H20N6O4. The van der Waals surface area contributed by atoms with Crippen LogP contribution in [0.2, 0.25) is 0 Å². The van der Waals surface area contributed by atoms with Crippen LogP contribution in [0.25, 0.3) is 28.1 Å². The molecule has 0 saturated heterocycles. The van der Waals surface area contributed by atoms with Gasteiger partial charge in [0.15, 0.2) is 5.69 Å². The van der Waals surface area contributed by atoms with E-state index in [0.29, 0.717) is 11.4 Å². The number of benzene rings is 3. The standard InChI is InChI=1S/C26H20N6O4/c1-16-15-23(33)24(29-31(16)21-9-5-6-10-22(21)32(35)36)26(34)27-18-13-11-17(12-14-18)25-28-19-7-3-4-8-20(19)30(25)2/h3-15H,1-2H3,(H,27,34). The van der Waals surface area contributed by atoms with Crippen molar-refractivity contribution in [2.24, 2.45) is 7.05 Å². The molecule has 0 radical (unpaired) electrons. The molecule has 36 heavy (non-hydrogen) atoms. The largest absolute Gasteiger partial charge is 0.327 e. The molecule has 10 nitrogen and oxygen atoms in total. The molecule has 1 amide bonds. The van der Waals surface area contributed by atoms with Crippen LogP contribution in [0.3, 0.4) is 0 Å². The highest BCUT2D eigenvalue weighted by atomic mass is 16.6. The van der Waals surface area contributed by atoms with Crippen molar-refractivity contribution in [2.45, 2.75) is 6.92 Å². The maximum atomic E-state index is 12.9. The second-order valence-corrected chi connectivity index (χ2v) is 8.17. The Morgan fingerprint density at radius 3 is 2.42 bits per heavy atom. The number of anilines is 1. The third-order valence-electron chi connectivity index (χ3n) is 5.82. The lowest BCUT2D eigenvalue weighted by Gasteiger charge is -2.12. The summed E-state index contributed by atoms with van der Waals surface area (Å²) in [5.74, 6) is 0.0597. The first-order chi connectivity index (χ1) is 17.3. The highest BCUT2D eigenvalue weighted by Gasteiger charge is 2.20. The van der Waals surface area contributed by atoms with Gasteiger partial charge in [-0.25, -0.2) is 9.67 Å². The molecule has 0 fully saturated rings. The van der Waals surface area contributed by atoms with Gasteiger partial charge >= 0.3 is 0 Å². The molecule has 0 aliphatic carbocycles. The fourth-order valence-corrected chi connectivity index (χ4v) is 4.04. The first kappa shape index (κ1) is 22.7. The monoisotopic (exact) mass is 480 g/mol. The number of hydrogen-bond donors (Lipinski definition) is 1. The van der Waals surface area contributed by atoms with E-state index in [4.69, 9.17) is 0 Å². The summed E-state index contributed by atoms with van der Waals surface area (Å²) in [7, 11) is 1.94. The maximum absolute atomic E-state index is 12.9. The topological polar surface area (TPSA) is 125 Å². The minimum Gasteiger partial charge on any atom is -0.327 e. The molecule has 0 saturated carbocycles. The summed E-state index contributed by atoms with van der Waals surface area (Å²) in [5, 5.41) is 18.3. The Balaban J connectivity index is 1.44. The number of para-hydroxylation sites is 4. The van der Waals surface area contributed by atoms with Gasteiger partial charge < -0.3 is 9.88 Å². The van der Waals surface area contributed by atoms with Gasteiger partial charge in [0.1, 0.15) is 11.5 Å². The molecule has 5 aromatic rings. The fourth-order valence-electron chi connectivity index (χ4n) is 4.04. The van der Waals surface area contributed by atoms with Crippen LogP contribution in [0, 0.1) is 17.0 Å². The Bertz CT molecular complexity index is 1700. The Morgan fingerprint density at radius 2 is 1.69 bits per heavy atom. The van der Waals surface area contributed by atoms with Crippen LogP contribution in [0.5, 0.6) is 0 Å². The Hall–Kier alpha value is -5.12. The van der Waals surface area contributed by atoms with E-state index in [-0.39, 0.29) is 17.1 Å². The van der Waals surface area contributed by atoms with Gasteiger partial charge in [0.25, 0.3) is 11.6 Å². The van der Waals surface area contributed by atoms with Crippen LogP contribution in [0.15, 0.2) is 83.7 Å². The number of nitro benzene ring substituents is 1. The van der Waals surface area contributed by atoms with Crippen molar-refractivity contribution in [3.63, 3.8) is 0 Å². The zero-order valence-corrected chi connectivity index (χ0v) is 19.4. The lowest BCUT2D eigenvalue weighted by molar-refractivity contribution is -0.384. The highest BCUT2D eigenvalue weighted by Crippen LogP contribution is 2.25. The normalized spacial score (nSPS) is 10.9. The highest BCUT2D eigenvalue weighted by molar-refractivity contribution is 6.02. The third kappa shape index (κ3) is 4.00. The van der Waals surface area contributed by atoms with Crippen molar-refractivity contribution in [1.82, 2.24) is 19.3 Å². The molecule has 10 heteroatoms. The van der Waals surface area contributed by atoms with E-state index in [1.165, 1.54) is 28.9 Å². The van der Waals surface area contributed by atoms with Crippen LogP contribution < -0.4 is 10.7 Å².